The summed E-state index contributed by atoms with van der Waals surface area (Å²) in [5, 5.41) is 0. The molecule has 2 fully saturated rings. The van der Waals surface area contributed by atoms with E-state index in [1.54, 1.807) is 31.3 Å². The summed E-state index contributed by atoms with van der Waals surface area (Å²) in [6.45, 7) is 2.10. The molecule has 7 heteroatoms. The van der Waals surface area contributed by atoms with Crippen LogP contribution in [0.15, 0.2) is 29.2 Å². The molecule has 1 aromatic carbocycles. The minimum Gasteiger partial charge on any atom is -0.339 e. The smallest absolute Gasteiger partial charge is 0.253 e. The van der Waals surface area contributed by atoms with E-state index in [0.717, 1.165) is 38.5 Å². The number of sulfonamides is 1. The number of hydrogen-bond donors (Lipinski definition) is 1. The molecule has 1 heterocycles. The van der Waals surface area contributed by atoms with Gasteiger partial charge in [-0.25, -0.2) is 8.42 Å². The highest BCUT2D eigenvalue weighted by Gasteiger charge is 2.29. The first-order chi connectivity index (χ1) is 12.9. The van der Waals surface area contributed by atoms with Crippen LogP contribution in [0.4, 0.5) is 0 Å². The van der Waals surface area contributed by atoms with E-state index in [1.807, 2.05) is 4.90 Å². The summed E-state index contributed by atoms with van der Waals surface area (Å²) in [5.74, 6) is 0.465. The summed E-state index contributed by atoms with van der Waals surface area (Å²) in [7, 11) is -1.85. The van der Waals surface area contributed by atoms with Crippen LogP contribution >= 0.6 is 0 Å². The van der Waals surface area contributed by atoms with Crippen molar-refractivity contribution in [3.8, 4) is 0 Å². The van der Waals surface area contributed by atoms with Crippen molar-refractivity contribution < 1.29 is 13.2 Å². The zero-order chi connectivity index (χ0) is 19.4. The molecule has 1 saturated heterocycles. The summed E-state index contributed by atoms with van der Waals surface area (Å²) in [4.78, 5) is 14.8. The lowest BCUT2D eigenvalue weighted by atomic mass is 9.96. The third kappa shape index (κ3) is 4.52. The zero-order valence-electron chi connectivity index (χ0n) is 16.1. The molecule has 27 heavy (non-hydrogen) atoms. The number of hydrogen-bond acceptors (Lipinski definition) is 4. The molecule has 2 aliphatic rings. The Hall–Kier alpha value is -1.44. The Bertz CT molecular complexity index is 734. The fraction of sp³-hybridized carbons (Fsp3) is 0.650. The lowest BCUT2D eigenvalue weighted by Crippen LogP contribution is -2.40. The molecule has 0 atom stereocenters. The van der Waals surface area contributed by atoms with Crippen LogP contribution in [-0.2, 0) is 10.0 Å². The first-order valence-corrected chi connectivity index (χ1v) is 11.4. The Kier molecular flexibility index (Phi) is 6.55. The van der Waals surface area contributed by atoms with Gasteiger partial charge in [0.15, 0.2) is 0 Å². The third-order valence-corrected chi connectivity index (χ3v) is 8.03. The van der Waals surface area contributed by atoms with Crippen molar-refractivity contribution in [2.45, 2.75) is 55.9 Å². The molecule has 0 aromatic heterocycles. The molecule has 1 aliphatic heterocycles. The van der Waals surface area contributed by atoms with Gasteiger partial charge in [-0.05, 0) is 62.4 Å². The Morgan fingerprint density at radius 1 is 1.07 bits per heavy atom. The summed E-state index contributed by atoms with van der Waals surface area (Å²) in [5.41, 5.74) is 6.25. The highest BCUT2D eigenvalue weighted by Crippen LogP contribution is 2.27. The van der Waals surface area contributed by atoms with Gasteiger partial charge in [-0.15, -0.1) is 0 Å². The largest absolute Gasteiger partial charge is 0.339 e. The number of carbonyl (C=O) groups is 1. The summed E-state index contributed by atoms with van der Waals surface area (Å²) in [6.07, 6.45) is 7.05. The number of carbonyl (C=O) groups excluding carboxylic acids is 1. The minimum absolute atomic E-state index is 0.0324. The van der Waals surface area contributed by atoms with E-state index in [1.165, 1.54) is 10.7 Å². The number of benzene rings is 1. The van der Waals surface area contributed by atoms with Crippen molar-refractivity contribution in [3.63, 3.8) is 0 Å². The average Bonchev–Trinajstić information content (AvgIpc) is 2.73. The van der Waals surface area contributed by atoms with Crippen LogP contribution in [0.3, 0.4) is 0 Å². The van der Waals surface area contributed by atoms with E-state index in [-0.39, 0.29) is 16.8 Å². The Balaban J connectivity index is 1.68. The number of likely N-dealkylation sites (tertiary alicyclic amines) is 1. The highest BCUT2D eigenvalue weighted by atomic mass is 32.2. The van der Waals surface area contributed by atoms with Gasteiger partial charge in [0.05, 0.1) is 4.90 Å². The first kappa shape index (κ1) is 20.3. The molecule has 0 radical (unpaired) electrons. The van der Waals surface area contributed by atoms with Gasteiger partial charge >= 0.3 is 0 Å². The Morgan fingerprint density at radius 2 is 1.67 bits per heavy atom. The number of piperidine rings is 1. The lowest BCUT2D eigenvalue weighted by Gasteiger charge is -2.31. The van der Waals surface area contributed by atoms with Crippen LogP contribution in [0.5, 0.6) is 0 Å². The molecule has 0 unspecified atom stereocenters. The summed E-state index contributed by atoms with van der Waals surface area (Å²) >= 11 is 0. The predicted molar refractivity (Wildman–Crippen MR) is 106 cm³/mol. The lowest BCUT2D eigenvalue weighted by molar-refractivity contribution is 0.0693. The van der Waals surface area contributed by atoms with E-state index in [4.69, 9.17) is 5.73 Å². The van der Waals surface area contributed by atoms with E-state index < -0.39 is 10.0 Å². The average molecular weight is 394 g/mol. The highest BCUT2D eigenvalue weighted by molar-refractivity contribution is 7.89. The van der Waals surface area contributed by atoms with Crippen LogP contribution in [0.25, 0.3) is 0 Å². The molecule has 6 nitrogen and oxygen atoms in total. The van der Waals surface area contributed by atoms with E-state index >= 15 is 0 Å². The molecule has 1 aliphatic carbocycles. The molecular weight excluding hydrogens is 362 g/mol. The van der Waals surface area contributed by atoms with Gasteiger partial charge in [0.1, 0.15) is 0 Å². The Labute approximate surface area is 162 Å². The second-order valence-electron chi connectivity index (χ2n) is 7.81. The summed E-state index contributed by atoms with van der Waals surface area (Å²) < 4.78 is 27.3. The first-order valence-electron chi connectivity index (χ1n) is 10.0. The molecule has 2 N–H and O–H groups in total. The van der Waals surface area contributed by atoms with E-state index in [0.29, 0.717) is 31.1 Å². The van der Waals surface area contributed by atoms with Gasteiger partial charge in [-0.2, -0.15) is 4.31 Å². The maximum absolute atomic E-state index is 12.9. The van der Waals surface area contributed by atoms with Gasteiger partial charge in [0.25, 0.3) is 5.91 Å². The summed E-state index contributed by atoms with van der Waals surface area (Å²) in [6, 6.07) is 6.48. The molecule has 0 spiro atoms. The van der Waals surface area contributed by atoms with Crippen LogP contribution in [0, 0.1) is 5.92 Å². The topological polar surface area (TPSA) is 83.7 Å². The van der Waals surface area contributed by atoms with Crippen LogP contribution in [0.2, 0.25) is 0 Å². The van der Waals surface area contributed by atoms with Crippen LogP contribution in [-0.4, -0.2) is 56.3 Å². The fourth-order valence-electron chi connectivity index (χ4n) is 4.13. The number of nitrogens with zero attached hydrogens (tertiary/aromatic N) is 2. The van der Waals surface area contributed by atoms with Crippen molar-refractivity contribution >= 4 is 15.9 Å². The molecular formula is C20H31N3O3S. The molecule has 3 rings (SSSR count). The van der Waals surface area contributed by atoms with Gasteiger partial charge < -0.3 is 10.6 Å². The van der Waals surface area contributed by atoms with Gasteiger partial charge in [0.2, 0.25) is 10.0 Å². The van der Waals surface area contributed by atoms with Crippen molar-refractivity contribution in [1.82, 2.24) is 9.21 Å². The maximum Gasteiger partial charge on any atom is 0.253 e. The number of amides is 1. The molecule has 1 saturated carbocycles. The van der Waals surface area contributed by atoms with Gasteiger partial charge in [-0.1, -0.05) is 19.3 Å². The minimum atomic E-state index is -3.52. The second kappa shape index (κ2) is 8.71. The standard InChI is InChI=1S/C20H31N3O3S/c1-22(18-5-3-2-4-6-18)27(25,26)19-9-7-17(8-10-19)20(24)23-13-11-16(15-21)12-14-23/h7-10,16,18H,2-6,11-15,21H2,1H3. The SMILES string of the molecule is CN(C1CCCCC1)S(=O)(=O)c1ccc(C(=O)N2CCC(CN)CC2)cc1. The van der Waals surface area contributed by atoms with Crippen molar-refractivity contribution in [3.05, 3.63) is 29.8 Å². The van der Waals surface area contributed by atoms with Gasteiger partial charge in [0, 0.05) is 31.7 Å². The second-order valence-corrected chi connectivity index (χ2v) is 9.81. The maximum atomic E-state index is 12.9. The quantitative estimate of drug-likeness (QED) is 0.833. The molecule has 0 bridgehead atoms. The normalized spacial score (nSPS) is 20.2. The fourth-order valence-corrected chi connectivity index (χ4v) is 5.55. The van der Waals surface area contributed by atoms with E-state index in [9.17, 15) is 13.2 Å². The van der Waals surface area contributed by atoms with Crippen molar-refractivity contribution in [1.29, 1.82) is 0 Å². The Morgan fingerprint density at radius 3 is 2.22 bits per heavy atom. The molecule has 1 aromatic rings. The van der Waals surface area contributed by atoms with Crippen molar-refractivity contribution in [2.24, 2.45) is 11.7 Å². The van der Waals surface area contributed by atoms with Gasteiger partial charge in [-0.3, -0.25) is 4.79 Å². The number of nitrogens with two attached hydrogens (primary N) is 1. The monoisotopic (exact) mass is 393 g/mol. The molecule has 1 amide bonds. The predicted octanol–water partition coefficient (Wildman–Crippen LogP) is 2.45. The third-order valence-electron chi connectivity index (χ3n) is 6.10. The van der Waals surface area contributed by atoms with E-state index in [2.05, 4.69) is 0 Å². The van der Waals surface area contributed by atoms with Crippen LogP contribution < -0.4 is 5.73 Å². The van der Waals surface area contributed by atoms with Crippen LogP contribution in [0.1, 0.15) is 55.3 Å². The van der Waals surface area contributed by atoms with Crippen molar-refractivity contribution in [2.75, 3.05) is 26.7 Å². The number of rotatable bonds is 5. The molecule has 150 valence electrons. The zero-order valence-corrected chi connectivity index (χ0v) is 17.0.